The molecule has 2 heterocycles. The van der Waals surface area contributed by atoms with Gasteiger partial charge < -0.3 is 0 Å². The third-order valence-electron chi connectivity index (χ3n) is 3.80. The topological polar surface area (TPSA) is 62.3 Å². The first kappa shape index (κ1) is 17.6. The number of thiocarbonyl (C=S) groups is 1. The summed E-state index contributed by atoms with van der Waals surface area (Å²) in [7, 11) is 0. The molecule has 3 rings (SSSR count). The highest BCUT2D eigenvalue weighted by Crippen LogP contribution is 2.26. The number of hydrogen-bond acceptors (Lipinski definition) is 4. The monoisotopic (exact) mass is 367 g/mol. The van der Waals surface area contributed by atoms with Crippen LogP contribution >= 0.6 is 12.2 Å². The second-order valence-electron chi connectivity index (χ2n) is 5.49. The molecule has 0 radical (unpaired) electrons. The Morgan fingerprint density at radius 3 is 2.65 bits per heavy atom. The Morgan fingerprint density at radius 2 is 1.96 bits per heavy atom. The molecule has 0 atom stereocenters. The van der Waals surface area contributed by atoms with Gasteiger partial charge >= 0.3 is 0 Å². The average molecular weight is 367 g/mol. The zero-order valence-corrected chi connectivity index (χ0v) is 14.4. The molecule has 0 aliphatic carbocycles. The summed E-state index contributed by atoms with van der Waals surface area (Å²) in [5, 5.41) is 2.54. The molecule has 1 aromatic carbocycles. The molecule has 1 fully saturated rings. The molecule has 0 saturated carbocycles. The molecule has 0 spiro atoms. The average Bonchev–Trinajstić information content (AvgIpc) is 2.63. The molecule has 2 aromatic rings. The lowest BCUT2D eigenvalue weighted by atomic mass is 9.99. The normalized spacial score (nSPS) is 16.0. The first-order chi connectivity index (χ1) is 12.5. The van der Waals surface area contributed by atoms with Gasteiger partial charge in [0.1, 0.15) is 11.4 Å². The maximum absolute atomic E-state index is 13.2. The van der Waals surface area contributed by atoms with E-state index in [4.69, 9.17) is 12.2 Å². The summed E-state index contributed by atoms with van der Waals surface area (Å²) in [5.74, 6) is -1.43. The summed E-state index contributed by atoms with van der Waals surface area (Å²) in [6, 6.07) is 7.66. The van der Waals surface area contributed by atoms with Crippen molar-refractivity contribution in [2.24, 2.45) is 0 Å². The van der Waals surface area contributed by atoms with Gasteiger partial charge in [-0.3, -0.25) is 24.8 Å². The van der Waals surface area contributed by atoms with E-state index >= 15 is 0 Å². The molecule has 0 unspecified atom stereocenters. The van der Waals surface area contributed by atoms with E-state index in [0.717, 1.165) is 11.1 Å². The molecule has 1 aromatic heterocycles. The second kappa shape index (κ2) is 7.37. The minimum absolute atomic E-state index is 0.0435. The predicted octanol–water partition coefficient (Wildman–Crippen LogP) is 2.70. The summed E-state index contributed by atoms with van der Waals surface area (Å²) in [5.41, 5.74) is 1.96. The number of halogens is 1. The van der Waals surface area contributed by atoms with Crippen LogP contribution < -0.4 is 5.32 Å². The van der Waals surface area contributed by atoms with Gasteiger partial charge in [-0.15, -0.1) is 6.58 Å². The summed E-state index contributed by atoms with van der Waals surface area (Å²) in [6.45, 7) is 3.77. The number of hydrogen-bond donors (Lipinski definition) is 1. The maximum atomic E-state index is 13.2. The summed E-state index contributed by atoms with van der Waals surface area (Å²) in [4.78, 5) is 30.2. The van der Waals surface area contributed by atoms with Crippen molar-refractivity contribution in [1.29, 1.82) is 0 Å². The third kappa shape index (κ3) is 3.43. The Labute approximate surface area is 154 Å². The summed E-state index contributed by atoms with van der Waals surface area (Å²) in [6.07, 6.45) is 6.11. The van der Waals surface area contributed by atoms with Crippen molar-refractivity contribution in [3.63, 3.8) is 0 Å². The molecule has 2 amide bonds. The number of nitrogens with zero attached hydrogens (tertiary/aromatic N) is 2. The number of benzene rings is 1. The lowest BCUT2D eigenvalue weighted by Crippen LogP contribution is -2.53. The molecular formula is C19H14FN3O2S. The largest absolute Gasteiger partial charge is 0.298 e. The smallest absolute Gasteiger partial charge is 0.265 e. The fourth-order valence-electron chi connectivity index (χ4n) is 2.56. The van der Waals surface area contributed by atoms with Crippen LogP contribution in [0.15, 0.2) is 61.0 Å². The minimum atomic E-state index is -0.575. The summed E-state index contributed by atoms with van der Waals surface area (Å²) >= 11 is 5.03. The molecule has 5 nitrogen and oxygen atoms in total. The molecule has 0 bridgehead atoms. The van der Waals surface area contributed by atoms with Gasteiger partial charge in [0.25, 0.3) is 11.8 Å². The third-order valence-corrected chi connectivity index (χ3v) is 4.13. The van der Waals surface area contributed by atoms with Crippen molar-refractivity contribution in [3.8, 4) is 11.1 Å². The quantitative estimate of drug-likeness (QED) is 0.391. The van der Waals surface area contributed by atoms with E-state index < -0.39 is 11.8 Å². The van der Waals surface area contributed by atoms with Crippen molar-refractivity contribution in [2.45, 2.75) is 0 Å². The lowest BCUT2D eigenvalue weighted by Gasteiger charge is -2.27. The van der Waals surface area contributed by atoms with Gasteiger partial charge in [0.15, 0.2) is 5.11 Å². The van der Waals surface area contributed by atoms with Crippen LogP contribution in [0.2, 0.25) is 0 Å². The number of pyridine rings is 1. The first-order valence-electron chi connectivity index (χ1n) is 7.71. The van der Waals surface area contributed by atoms with Crippen molar-refractivity contribution in [2.75, 3.05) is 6.54 Å². The van der Waals surface area contributed by atoms with E-state index in [1.54, 1.807) is 24.4 Å². The summed E-state index contributed by atoms with van der Waals surface area (Å²) < 4.78 is 13.2. The van der Waals surface area contributed by atoms with Crippen LogP contribution in [0, 0.1) is 5.82 Å². The van der Waals surface area contributed by atoms with E-state index in [-0.39, 0.29) is 23.0 Å². The van der Waals surface area contributed by atoms with E-state index in [2.05, 4.69) is 16.9 Å². The molecule has 1 saturated heterocycles. The van der Waals surface area contributed by atoms with E-state index in [9.17, 15) is 14.0 Å². The zero-order valence-electron chi connectivity index (χ0n) is 13.6. The molecule has 130 valence electrons. The van der Waals surface area contributed by atoms with Crippen LogP contribution in [0.3, 0.4) is 0 Å². The molecule has 1 aliphatic heterocycles. The first-order valence-corrected chi connectivity index (χ1v) is 8.12. The van der Waals surface area contributed by atoms with Crippen molar-refractivity contribution in [3.05, 3.63) is 72.3 Å². The van der Waals surface area contributed by atoms with Gasteiger partial charge in [0, 0.05) is 24.5 Å². The van der Waals surface area contributed by atoms with E-state index in [0.29, 0.717) is 5.56 Å². The lowest BCUT2D eigenvalue weighted by molar-refractivity contribution is -0.128. The Morgan fingerprint density at radius 1 is 1.23 bits per heavy atom. The Balaban J connectivity index is 2.05. The molecule has 1 aliphatic rings. The van der Waals surface area contributed by atoms with Gasteiger partial charge in [-0.1, -0.05) is 18.2 Å². The Hall–Kier alpha value is -3.19. The number of carbonyl (C=O) groups is 2. The SMILES string of the molecule is C=CCN1C(=O)/C(=C/c2cnccc2-c2ccc(F)cc2)C(=O)NC1=S. The van der Waals surface area contributed by atoms with E-state index in [1.807, 2.05) is 0 Å². The standard InChI is InChI=1S/C19H14FN3O2S/c1-2-9-23-18(25)16(17(24)22-19(23)26)10-13-11-21-8-7-15(13)12-3-5-14(20)6-4-12/h2-8,10-11H,1,9H2,(H,22,24,26)/b16-10+. The van der Waals surface area contributed by atoms with Crippen LogP contribution in [0.5, 0.6) is 0 Å². The molecular weight excluding hydrogens is 353 g/mol. The number of amides is 2. The minimum Gasteiger partial charge on any atom is -0.298 e. The molecule has 7 heteroatoms. The fraction of sp³-hybridized carbons (Fsp3) is 0.0526. The fourth-order valence-corrected chi connectivity index (χ4v) is 2.81. The number of carbonyl (C=O) groups excluding carboxylic acids is 2. The van der Waals surface area contributed by atoms with Crippen LogP contribution in [-0.2, 0) is 9.59 Å². The van der Waals surface area contributed by atoms with Crippen LogP contribution in [0.1, 0.15) is 5.56 Å². The number of aromatic nitrogens is 1. The molecule has 1 N–H and O–H groups in total. The second-order valence-corrected chi connectivity index (χ2v) is 5.88. The Bertz CT molecular complexity index is 938. The predicted molar refractivity (Wildman–Crippen MR) is 100 cm³/mol. The van der Waals surface area contributed by atoms with Gasteiger partial charge in [0.2, 0.25) is 0 Å². The van der Waals surface area contributed by atoms with Crippen molar-refractivity contribution < 1.29 is 14.0 Å². The zero-order chi connectivity index (χ0) is 18.7. The van der Waals surface area contributed by atoms with Crippen molar-refractivity contribution in [1.82, 2.24) is 15.2 Å². The van der Waals surface area contributed by atoms with Gasteiger partial charge in [-0.05, 0) is 47.6 Å². The number of nitrogens with one attached hydrogen (secondary N) is 1. The number of rotatable bonds is 4. The van der Waals surface area contributed by atoms with Crippen molar-refractivity contribution >= 4 is 35.2 Å². The maximum Gasteiger partial charge on any atom is 0.265 e. The van der Waals surface area contributed by atoms with Crippen LogP contribution in [0.4, 0.5) is 4.39 Å². The van der Waals surface area contributed by atoms with Gasteiger partial charge in [-0.25, -0.2) is 4.39 Å². The van der Waals surface area contributed by atoms with Crippen LogP contribution in [0.25, 0.3) is 17.2 Å². The Kier molecular flexibility index (Phi) is 4.99. The molecule has 26 heavy (non-hydrogen) atoms. The van der Waals surface area contributed by atoms with Gasteiger partial charge in [0.05, 0.1) is 0 Å². The highest BCUT2D eigenvalue weighted by molar-refractivity contribution is 7.80. The van der Waals surface area contributed by atoms with Crippen LogP contribution in [-0.4, -0.2) is 33.4 Å². The van der Waals surface area contributed by atoms with E-state index in [1.165, 1.54) is 35.4 Å². The highest BCUT2D eigenvalue weighted by Gasteiger charge is 2.32. The van der Waals surface area contributed by atoms with Gasteiger partial charge in [-0.2, -0.15) is 0 Å². The highest BCUT2D eigenvalue weighted by atomic mass is 32.1.